The molecule has 2 rings (SSSR count). The molecule has 1 atom stereocenters. The summed E-state index contributed by atoms with van der Waals surface area (Å²) >= 11 is 0. The Morgan fingerprint density at radius 1 is 1.14 bits per heavy atom. The fourth-order valence-electron chi connectivity index (χ4n) is 3.36. The maximum atomic E-state index is 13.0. The molecule has 1 aliphatic heterocycles. The van der Waals surface area contributed by atoms with Crippen molar-refractivity contribution in [1.82, 2.24) is 14.5 Å². The highest BCUT2D eigenvalue weighted by Gasteiger charge is 2.33. The highest BCUT2D eigenvalue weighted by Crippen LogP contribution is 2.22. The van der Waals surface area contributed by atoms with Crippen LogP contribution in [0.5, 0.6) is 0 Å². The molecule has 1 aliphatic rings. The normalized spacial score (nSPS) is 16.8. The van der Waals surface area contributed by atoms with Crippen molar-refractivity contribution in [2.45, 2.75) is 45.1 Å². The predicted octanol–water partition coefficient (Wildman–Crippen LogP) is 1.22. The van der Waals surface area contributed by atoms with Gasteiger partial charge in [0.25, 0.3) is 0 Å². The van der Waals surface area contributed by atoms with Gasteiger partial charge in [-0.25, -0.2) is 13.2 Å². The Hall–Kier alpha value is -2.13. The zero-order valence-corrected chi connectivity index (χ0v) is 17.8. The van der Waals surface area contributed by atoms with Crippen LogP contribution in [-0.4, -0.2) is 61.8 Å². The SMILES string of the molecule is Cc1ccc(C)c(S(=O)(=O)N2CCN(C(=O)[C@H](CC(C)C)NC(N)=O)CC2)c1. The van der Waals surface area contributed by atoms with Crippen molar-refractivity contribution in [1.29, 1.82) is 0 Å². The Kier molecular flexibility index (Phi) is 7.06. The minimum Gasteiger partial charge on any atom is -0.352 e. The third kappa shape index (κ3) is 5.23. The molecule has 1 aromatic rings. The lowest BCUT2D eigenvalue weighted by Gasteiger charge is -2.36. The first kappa shape index (κ1) is 22.2. The first-order valence-corrected chi connectivity index (χ1v) is 10.9. The number of piperazine rings is 1. The molecule has 1 aromatic carbocycles. The van der Waals surface area contributed by atoms with E-state index in [1.54, 1.807) is 24.0 Å². The first-order valence-electron chi connectivity index (χ1n) is 9.44. The van der Waals surface area contributed by atoms with Gasteiger partial charge in [-0.2, -0.15) is 4.31 Å². The molecule has 0 saturated carbocycles. The number of hydrogen-bond acceptors (Lipinski definition) is 4. The van der Waals surface area contributed by atoms with Gasteiger partial charge in [0, 0.05) is 26.2 Å². The number of carbonyl (C=O) groups is 2. The smallest absolute Gasteiger partial charge is 0.312 e. The molecule has 3 N–H and O–H groups in total. The summed E-state index contributed by atoms with van der Waals surface area (Å²) in [7, 11) is -3.62. The van der Waals surface area contributed by atoms with E-state index in [0.29, 0.717) is 16.9 Å². The summed E-state index contributed by atoms with van der Waals surface area (Å²) in [5.74, 6) is -0.0250. The van der Waals surface area contributed by atoms with Crippen molar-refractivity contribution in [3.63, 3.8) is 0 Å². The zero-order valence-electron chi connectivity index (χ0n) is 16.9. The van der Waals surface area contributed by atoms with Gasteiger partial charge in [0.15, 0.2) is 0 Å². The van der Waals surface area contributed by atoms with Crippen LogP contribution in [-0.2, 0) is 14.8 Å². The van der Waals surface area contributed by atoms with Crippen molar-refractivity contribution in [3.8, 4) is 0 Å². The van der Waals surface area contributed by atoms with Crippen molar-refractivity contribution in [3.05, 3.63) is 29.3 Å². The van der Waals surface area contributed by atoms with Crippen LogP contribution in [0.2, 0.25) is 0 Å². The lowest BCUT2D eigenvalue weighted by Crippen LogP contribution is -2.56. The molecule has 1 fully saturated rings. The number of hydrogen-bond donors (Lipinski definition) is 2. The third-order valence-electron chi connectivity index (χ3n) is 4.83. The minimum absolute atomic E-state index is 0.201. The Morgan fingerprint density at radius 2 is 1.75 bits per heavy atom. The summed E-state index contributed by atoms with van der Waals surface area (Å²) in [6.45, 7) is 8.53. The second-order valence-corrected chi connectivity index (χ2v) is 9.60. The van der Waals surface area contributed by atoms with Gasteiger partial charge in [-0.15, -0.1) is 0 Å². The average Bonchev–Trinajstić information content (AvgIpc) is 2.61. The van der Waals surface area contributed by atoms with E-state index in [9.17, 15) is 18.0 Å². The Morgan fingerprint density at radius 3 is 2.29 bits per heavy atom. The van der Waals surface area contributed by atoms with Crippen LogP contribution >= 0.6 is 0 Å². The zero-order chi connectivity index (χ0) is 21.1. The Labute approximate surface area is 167 Å². The first-order chi connectivity index (χ1) is 13.0. The number of carbonyl (C=O) groups excluding carboxylic acids is 2. The van der Waals surface area contributed by atoms with Crippen LogP contribution in [0.3, 0.4) is 0 Å². The highest BCUT2D eigenvalue weighted by atomic mass is 32.2. The van der Waals surface area contributed by atoms with Gasteiger partial charge in [-0.05, 0) is 43.4 Å². The summed E-state index contributed by atoms with van der Waals surface area (Å²) in [6, 6.07) is 3.92. The molecule has 0 bridgehead atoms. The van der Waals surface area contributed by atoms with Crippen molar-refractivity contribution >= 4 is 22.0 Å². The number of nitrogens with two attached hydrogens (primary N) is 1. The maximum Gasteiger partial charge on any atom is 0.312 e. The standard InChI is InChI=1S/C19H30N4O4S/c1-13(2)11-16(21-19(20)25)18(24)22-7-9-23(10-8-22)28(26,27)17-12-14(3)5-6-15(17)4/h5-6,12-13,16H,7-11H2,1-4H3,(H3,20,21,25)/t16-/m0/s1. The maximum absolute atomic E-state index is 13.0. The third-order valence-corrected chi connectivity index (χ3v) is 6.87. The number of benzene rings is 1. The molecule has 1 heterocycles. The highest BCUT2D eigenvalue weighted by molar-refractivity contribution is 7.89. The van der Waals surface area contributed by atoms with Crippen molar-refractivity contribution < 1.29 is 18.0 Å². The summed E-state index contributed by atoms with van der Waals surface area (Å²) in [6.07, 6.45) is 0.475. The number of primary amides is 1. The lowest BCUT2D eigenvalue weighted by molar-refractivity contribution is -0.134. The fourth-order valence-corrected chi connectivity index (χ4v) is 5.09. The van der Waals surface area contributed by atoms with Crippen LogP contribution in [0.1, 0.15) is 31.4 Å². The van der Waals surface area contributed by atoms with Gasteiger partial charge in [0.2, 0.25) is 15.9 Å². The van der Waals surface area contributed by atoms with Crippen molar-refractivity contribution in [2.75, 3.05) is 26.2 Å². The van der Waals surface area contributed by atoms with Gasteiger partial charge < -0.3 is 16.0 Å². The fraction of sp³-hybridized carbons (Fsp3) is 0.579. The molecule has 0 spiro atoms. The number of aryl methyl sites for hydroxylation is 2. The van der Waals surface area contributed by atoms with E-state index in [1.807, 2.05) is 26.8 Å². The molecule has 0 radical (unpaired) electrons. The molecule has 0 unspecified atom stereocenters. The average molecular weight is 411 g/mol. The summed E-state index contributed by atoms with van der Waals surface area (Å²) < 4.78 is 27.4. The van der Waals surface area contributed by atoms with Gasteiger partial charge in [-0.3, -0.25) is 4.79 Å². The molecule has 0 aromatic heterocycles. The van der Waals surface area contributed by atoms with Crippen LogP contribution < -0.4 is 11.1 Å². The van der Waals surface area contributed by atoms with Gasteiger partial charge in [-0.1, -0.05) is 26.0 Å². The molecule has 8 nitrogen and oxygen atoms in total. The van der Waals surface area contributed by atoms with Crippen LogP contribution in [0.25, 0.3) is 0 Å². The lowest BCUT2D eigenvalue weighted by atomic mass is 10.0. The molecule has 9 heteroatoms. The van der Waals surface area contributed by atoms with E-state index in [2.05, 4.69) is 5.32 Å². The van der Waals surface area contributed by atoms with Gasteiger partial charge in [0.1, 0.15) is 6.04 Å². The van der Waals surface area contributed by atoms with E-state index in [-0.39, 0.29) is 38.0 Å². The number of rotatable bonds is 6. The van der Waals surface area contributed by atoms with Crippen LogP contribution in [0.4, 0.5) is 4.79 Å². The van der Waals surface area contributed by atoms with E-state index in [1.165, 1.54) is 4.31 Å². The van der Waals surface area contributed by atoms with Crippen molar-refractivity contribution in [2.24, 2.45) is 11.7 Å². The largest absolute Gasteiger partial charge is 0.352 e. The number of nitrogens with zero attached hydrogens (tertiary/aromatic N) is 2. The van der Waals surface area contributed by atoms with E-state index >= 15 is 0 Å². The minimum atomic E-state index is -3.62. The quantitative estimate of drug-likeness (QED) is 0.734. The van der Waals surface area contributed by atoms with Crippen LogP contribution in [0, 0.1) is 19.8 Å². The molecule has 156 valence electrons. The van der Waals surface area contributed by atoms with Crippen LogP contribution in [0.15, 0.2) is 23.1 Å². The predicted molar refractivity (Wildman–Crippen MR) is 107 cm³/mol. The van der Waals surface area contributed by atoms with E-state index < -0.39 is 22.1 Å². The van der Waals surface area contributed by atoms with E-state index in [0.717, 1.165) is 5.56 Å². The topological polar surface area (TPSA) is 113 Å². The molecule has 3 amide bonds. The van der Waals surface area contributed by atoms with Gasteiger partial charge >= 0.3 is 6.03 Å². The Bertz CT molecular complexity index is 830. The summed E-state index contributed by atoms with van der Waals surface area (Å²) in [4.78, 5) is 25.9. The molecule has 1 saturated heterocycles. The van der Waals surface area contributed by atoms with E-state index in [4.69, 9.17) is 5.73 Å². The molecule has 0 aliphatic carbocycles. The molecular weight excluding hydrogens is 380 g/mol. The number of urea groups is 1. The molecule has 28 heavy (non-hydrogen) atoms. The summed E-state index contributed by atoms with van der Waals surface area (Å²) in [5, 5.41) is 2.51. The molecular formula is C19H30N4O4S. The second kappa shape index (κ2) is 8.91. The van der Waals surface area contributed by atoms with Gasteiger partial charge in [0.05, 0.1) is 4.90 Å². The Balaban J connectivity index is 2.09. The monoisotopic (exact) mass is 410 g/mol. The number of nitrogens with one attached hydrogen (secondary N) is 1. The number of sulfonamides is 1. The number of amides is 3. The summed E-state index contributed by atoms with van der Waals surface area (Å²) in [5.41, 5.74) is 6.78. The second-order valence-electron chi connectivity index (χ2n) is 7.69.